The van der Waals surface area contributed by atoms with Crippen molar-refractivity contribution in [1.82, 2.24) is 4.98 Å². The van der Waals surface area contributed by atoms with Crippen LogP contribution in [0.4, 0.5) is 11.4 Å². The van der Waals surface area contributed by atoms with E-state index in [1.54, 1.807) is 12.1 Å². The summed E-state index contributed by atoms with van der Waals surface area (Å²) in [6.45, 7) is 2.12. The zero-order valence-electron chi connectivity index (χ0n) is 11.1. The lowest BCUT2D eigenvalue weighted by Gasteiger charge is -2.17. The van der Waals surface area contributed by atoms with Crippen molar-refractivity contribution in [3.05, 3.63) is 34.9 Å². The molecule has 1 saturated heterocycles. The normalized spacial score (nSPS) is 15.4. The molecule has 5 nitrogen and oxygen atoms in total. The molecule has 8 heteroatoms. The molecule has 1 aromatic heterocycles. The minimum absolute atomic E-state index is 0.108. The van der Waals surface area contributed by atoms with Gasteiger partial charge in [0.2, 0.25) is 0 Å². The predicted octanol–water partition coefficient (Wildman–Crippen LogP) is 3.20. The molecule has 1 aromatic carbocycles. The van der Waals surface area contributed by atoms with Crippen LogP contribution >= 0.6 is 22.9 Å². The first-order chi connectivity index (χ1) is 10.0. The Morgan fingerprint density at radius 3 is 2.43 bits per heavy atom. The van der Waals surface area contributed by atoms with E-state index in [0.29, 0.717) is 5.69 Å². The Morgan fingerprint density at radius 1 is 1.19 bits per heavy atom. The Balaban J connectivity index is 1.75. The fourth-order valence-corrected chi connectivity index (χ4v) is 4.64. The monoisotopic (exact) mass is 343 g/mol. The third-order valence-corrected chi connectivity index (χ3v) is 6.27. The van der Waals surface area contributed by atoms with Gasteiger partial charge in [0.1, 0.15) is 0 Å². The van der Waals surface area contributed by atoms with Crippen LogP contribution in [0.25, 0.3) is 0 Å². The first kappa shape index (κ1) is 14.6. The number of hydrogen-bond acceptors (Lipinski definition) is 5. The van der Waals surface area contributed by atoms with E-state index in [-0.39, 0.29) is 8.68 Å². The molecule has 0 atom stereocenters. The molecule has 0 spiro atoms. The van der Waals surface area contributed by atoms with Gasteiger partial charge in [-0.1, -0.05) is 22.9 Å². The molecular formula is C13H14ClN3O2S2. The number of anilines is 2. The summed E-state index contributed by atoms with van der Waals surface area (Å²) in [5, 5.41) is 0. The molecule has 112 valence electrons. The summed E-state index contributed by atoms with van der Waals surface area (Å²) in [6.07, 6.45) is 3.68. The SMILES string of the molecule is O=S(=O)(Nc1ccc(N2CCCC2)cc1)c1cnc(Cl)s1. The van der Waals surface area contributed by atoms with E-state index in [1.165, 1.54) is 19.0 Å². The van der Waals surface area contributed by atoms with Crippen LogP contribution in [0, 0.1) is 0 Å². The van der Waals surface area contributed by atoms with E-state index in [9.17, 15) is 8.42 Å². The van der Waals surface area contributed by atoms with Crippen LogP contribution in [0.1, 0.15) is 12.8 Å². The summed E-state index contributed by atoms with van der Waals surface area (Å²) < 4.78 is 27.1. The maximum Gasteiger partial charge on any atom is 0.273 e. The molecule has 0 saturated carbocycles. The summed E-state index contributed by atoms with van der Waals surface area (Å²) in [7, 11) is -3.62. The van der Waals surface area contributed by atoms with Gasteiger partial charge in [0.15, 0.2) is 8.68 Å². The molecule has 2 aromatic rings. The van der Waals surface area contributed by atoms with Crippen LogP contribution in [0.3, 0.4) is 0 Å². The Hall–Kier alpha value is -1.31. The topological polar surface area (TPSA) is 62.3 Å². The number of rotatable bonds is 4. The van der Waals surface area contributed by atoms with Gasteiger partial charge in [-0.3, -0.25) is 4.72 Å². The van der Waals surface area contributed by atoms with Crippen molar-refractivity contribution in [3.8, 4) is 0 Å². The molecule has 0 unspecified atom stereocenters. The van der Waals surface area contributed by atoms with Gasteiger partial charge in [-0.25, -0.2) is 13.4 Å². The Kier molecular flexibility index (Phi) is 4.05. The summed E-state index contributed by atoms with van der Waals surface area (Å²) in [6, 6.07) is 7.41. The maximum absolute atomic E-state index is 12.1. The molecule has 1 N–H and O–H groups in total. The van der Waals surface area contributed by atoms with E-state index in [4.69, 9.17) is 11.6 Å². The van der Waals surface area contributed by atoms with E-state index in [2.05, 4.69) is 14.6 Å². The molecule has 21 heavy (non-hydrogen) atoms. The first-order valence-corrected chi connectivity index (χ1v) is 9.21. The Bertz CT molecular complexity index is 722. The molecule has 1 aliphatic heterocycles. The second kappa shape index (κ2) is 5.82. The molecule has 0 radical (unpaired) electrons. The highest BCUT2D eigenvalue weighted by Crippen LogP contribution is 2.26. The Morgan fingerprint density at radius 2 is 1.86 bits per heavy atom. The van der Waals surface area contributed by atoms with Crippen LogP contribution in [-0.4, -0.2) is 26.5 Å². The Labute approximate surface area is 132 Å². The van der Waals surface area contributed by atoms with Crippen LogP contribution in [0.5, 0.6) is 0 Å². The third kappa shape index (κ3) is 3.30. The lowest BCUT2D eigenvalue weighted by Crippen LogP contribution is -2.17. The average Bonchev–Trinajstić information content (AvgIpc) is 3.10. The highest BCUT2D eigenvalue weighted by molar-refractivity contribution is 7.94. The van der Waals surface area contributed by atoms with Crippen LogP contribution in [-0.2, 0) is 10.0 Å². The summed E-state index contributed by atoms with van der Waals surface area (Å²) in [4.78, 5) is 6.04. The van der Waals surface area contributed by atoms with Gasteiger partial charge >= 0.3 is 0 Å². The summed E-state index contributed by atoms with van der Waals surface area (Å²) >= 11 is 6.61. The van der Waals surface area contributed by atoms with Crippen LogP contribution < -0.4 is 9.62 Å². The fourth-order valence-electron chi connectivity index (χ4n) is 2.28. The number of aromatic nitrogens is 1. The van der Waals surface area contributed by atoms with Gasteiger partial charge in [0.25, 0.3) is 10.0 Å². The minimum atomic E-state index is -3.62. The summed E-state index contributed by atoms with van der Waals surface area (Å²) in [5.74, 6) is 0. The third-order valence-electron chi connectivity index (χ3n) is 3.31. The molecule has 0 aliphatic carbocycles. The lowest BCUT2D eigenvalue weighted by molar-refractivity contribution is 0.603. The zero-order valence-corrected chi connectivity index (χ0v) is 13.5. The molecule has 0 bridgehead atoms. The number of halogens is 1. The number of hydrogen-bond donors (Lipinski definition) is 1. The number of nitrogens with one attached hydrogen (secondary N) is 1. The highest BCUT2D eigenvalue weighted by Gasteiger charge is 2.18. The van der Waals surface area contributed by atoms with Crippen molar-refractivity contribution in [1.29, 1.82) is 0 Å². The van der Waals surface area contributed by atoms with Crippen molar-refractivity contribution in [2.45, 2.75) is 17.1 Å². The van der Waals surface area contributed by atoms with Gasteiger partial charge in [-0.2, -0.15) is 0 Å². The van der Waals surface area contributed by atoms with Crippen LogP contribution in [0.15, 0.2) is 34.7 Å². The first-order valence-electron chi connectivity index (χ1n) is 6.54. The van der Waals surface area contributed by atoms with E-state index < -0.39 is 10.0 Å². The largest absolute Gasteiger partial charge is 0.372 e. The molecular weight excluding hydrogens is 330 g/mol. The van der Waals surface area contributed by atoms with Gasteiger partial charge in [0, 0.05) is 24.5 Å². The maximum atomic E-state index is 12.1. The highest BCUT2D eigenvalue weighted by atomic mass is 35.5. The number of thiazole rings is 1. The van der Waals surface area contributed by atoms with Crippen molar-refractivity contribution in [2.75, 3.05) is 22.7 Å². The lowest BCUT2D eigenvalue weighted by atomic mass is 10.2. The molecule has 3 rings (SSSR count). The van der Waals surface area contributed by atoms with Crippen molar-refractivity contribution >= 4 is 44.3 Å². The van der Waals surface area contributed by atoms with Crippen molar-refractivity contribution in [3.63, 3.8) is 0 Å². The average molecular weight is 344 g/mol. The van der Waals surface area contributed by atoms with Gasteiger partial charge in [0.05, 0.1) is 6.20 Å². The molecule has 0 amide bonds. The smallest absolute Gasteiger partial charge is 0.273 e. The van der Waals surface area contributed by atoms with Crippen LogP contribution in [0.2, 0.25) is 4.47 Å². The van der Waals surface area contributed by atoms with E-state index in [0.717, 1.165) is 30.1 Å². The van der Waals surface area contributed by atoms with Gasteiger partial charge in [-0.15, -0.1) is 0 Å². The number of benzene rings is 1. The molecule has 1 aliphatic rings. The van der Waals surface area contributed by atoms with Gasteiger partial charge in [-0.05, 0) is 37.1 Å². The summed E-state index contributed by atoms with van der Waals surface area (Å²) in [5.41, 5.74) is 1.65. The van der Waals surface area contributed by atoms with Gasteiger partial charge < -0.3 is 4.90 Å². The molecule has 1 fully saturated rings. The number of nitrogens with zero attached hydrogens (tertiary/aromatic N) is 2. The van der Waals surface area contributed by atoms with Crippen molar-refractivity contribution in [2.24, 2.45) is 0 Å². The van der Waals surface area contributed by atoms with E-state index in [1.807, 2.05) is 12.1 Å². The second-order valence-corrected chi connectivity index (χ2v) is 8.30. The van der Waals surface area contributed by atoms with E-state index >= 15 is 0 Å². The van der Waals surface area contributed by atoms with Crippen molar-refractivity contribution < 1.29 is 8.42 Å². The number of sulfonamides is 1. The minimum Gasteiger partial charge on any atom is -0.372 e. The fraction of sp³-hybridized carbons (Fsp3) is 0.308. The predicted molar refractivity (Wildman–Crippen MR) is 85.8 cm³/mol. The standard InChI is InChI=1S/C13H14ClN3O2S2/c14-13-15-9-12(20-13)21(18,19)16-10-3-5-11(6-4-10)17-7-1-2-8-17/h3-6,9,16H,1-2,7-8H2. The zero-order chi connectivity index (χ0) is 14.9. The second-order valence-electron chi connectivity index (χ2n) is 4.78. The quantitative estimate of drug-likeness (QED) is 0.926. The molecule has 2 heterocycles.